The van der Waals surface area contributed by atoms with Crippen LogP contribution in [0.25, 0.3) is 28.2 Å². The van der Waals surface area contributed by atoms with Crippen molar-refractivity contribution in [3.8, 4) is 11.3 Å². The van der Waals surface area contributed by atoms with E-state index in [2.05, 4.69) is 30.8 Å². The molecule has 1 saturated carbocycles. The molecular weight excluding hydrogens is 571 g/mol. The molecule has 0 atom stereocenters. The summed E-state index contributed by atoms with van der Waals surface area (Å²) >= 11 is 0. The number of unbranched alkanes of at least 4 members (excludes halogenated alkanes) is 2. The fourth-order valence-electron chi connectivity index (χ4n) is 5.35. The van der Waals surface area contributed by atoms with Crippen LogP contribution in [0.4, 0.5) is 24.8 Å². The van der Waals surface area contributed by atoms with Gasteiger partial charge in [0, 0.05) is 41.5 Å². The summed E-state index contributed by atoms with van der Waals surface area (Å²) in [5, 5.41) is 13.7. The molecule has 3 heterocycles. The predicted molar refractivity (Wildman–Crippen MR) is 163 cm³/mol. The highest BCUT2D eigenvalue weighted by Gasteiger charge is 2.31. The minimum Gasteiger partial charge on any atom is -0.383 e. The quantitative estimate of drug-likeness (QED) is 0.145. The maximum absolute atomic E-state index is 13.0. The van der Waals surface area contributed by atoms with Crippen LogP contribution in [0.5, 0.6) is 0 Å². The number of aromatic amines is 1. The number of H-pyrrole nitrogens is 1. The number of carbonyl (C=O) groups is 2. The fraction of sp³-hybridized carbons (Fsp3) is 0.344. The molecule has 9 nitrogen and oxygen atoms in total. The second-order valence-corrected chi connectivity index (χ2v) is 10.9. The van der Waals surface area contributed by atoms with Crippen LogP contribution < -0.4 is 16.4 Å². The minimum absolute atomic E-state index is 0.135. The third-order valence-electron chi connectivity index (χ3n) is 7.70. The lowest BCUT2D eigenvalue weighted by Gasteiger charge is -2.22. The monoisotopic (exact) mass is 605 g/mol. The van der Waals surface area contributed by atoms with Crippen LogP contribution in [-0.2, 0) is 11.0 Å². The van der Waals surface area contributed by atoms with Gasteiger partial charge in [0.1, 0.15) is 17.2 Å². The number of allylic oxidation sites excluding steroid dienone is 1. The normalized spacial score (nSPS) is 14.2. The number of benzene rings is 1. The zero-order valence-electron chi connectivity index (χ0n) is 24.1. The lowest BCUT2D eigenvalue weighted by atomic mass is 9.95. The Labute approximate surface area is 252 Å². The van der Waals surface area contributed by atoms with E-state index in [4.69, 9.17) is 5.73 Å². The average Bonchev–Trinajstić information content (AvgIpc) is 3.47. The summed E-state index contributed by atoms with van der Waals surface area (Å²) in [6.07, 6.45) is 10.9. The summed E-state index contributed by atoms with van der Waals surface area (Å²) in [5.74, 6) is -0.373. The third kappa shape index (κ3) is 7.61. The Bertz CT molecular complexity index is 1640. The molecule has 230 valence electrons. The molecule has 12 heteroatoms. The Hall–Kier alpha value is -4.74. The Morgan fingerprint density at radius 2 is 1.82 bits per heavy atom. The van der Waals surface area contributed by atoms with E-state index in [1.54, 1.807) is 30.5 Å². The molecule has 0 spiro atoms. The number of amides is 2. The summed E-state index contributed by atoms with van der Waals surface area (Å²) in [7, 11) is 0. The number of hydrogen-bond acceptors (Lipinski definition) is 6. The Morgan fingerprint density at radius 3 is 2.57 bits per heavy atom. The number of alkyl halides is 3. The molecule has 0 unspecified atom stereocenters. The van der Waals surface area contributed by atoms with Crippen molar-refractivity contribution < 1.29 is 22.8 Å². The molecule has 44 heavy (non-hydrogen) atoms. The first-order valence-corrected chi connectivity index (χ1v) is 14.7. The summed E-state index contributed by atoms with van der Waals surface area (Å²) in [5.41, 5.74) is 8.30. The molecule has 0 saturated heterocycles. The zero-order chi connectivity index (χ0) is 31.1. The Kier molecular flexibility index (Phi) is 9.56. The van der Waals surface area contributed by atoms with Gasteiger partial charge in [-0.1, -0.05) is 43.5 Å². The SMILES string of the molecule is Nc1ncc(/C=C/CCCCC(=O)NC2CCCCC2)c2n[nH]c(-c3ccc(C(=O)Nc4cc(C(F)(F)F)ccn4)cc3)c12. The van der Waals surface area contributed by atoms with E-state index in [0.29, 0.717) is 40.4 Å². The number of rotatable bonds is 10. The zero-order valence-corrected chi connectivity index (χ0v) is 24.1. The second-order valence-electron chi connectivity index (χ2n) is 10.9. The first-order chi connectivity index (χ1) is 21.2. The fourth-order valence-corrected chi connectivity index (χ4v) is 5.35. The summed E-state index contributed by atoms with van der Waals surface area (Å²) in [4.78, 5) is 33.0. The van der Waals surface area contributed by atoms with Gasteiger partial charge >= 0.3 is 6.18 Å². The van der Waals surface area contributed by atoms with Crippen LogP contribution in [0.2, 0.25) is 0 Å². The van der Waals surface area contributed by atoms with Crippen molar-refractivity contribution >= 4 is 40.4 Å². The number of aromatic nitrogens is 4. The Balaban J connectivity index is 1.19. The van der Waals surface area contributed by atoms with Gasteiger partial charge in [0.15, 0.2) is 0 Å². The molecule has 0 aliphatic heterocycles. The number of nitrogens with zero attached hydrogens (tertiary/aromatic N) is 3. The molecular formula is C32H34F3N7O2. The first-order valence-electron chi connectivity index (χ1n) is 14.7. The number of anilines is 2. The van der Waals surface area contributed by atoms with Gasteiger partial charge in [-0.05, 0) is 56.4 Å². The molecule has 4 aromatic rings. The van der Waals surface area contributed by atoms with Crippen molar-refractivity contribution in [1.82, 2.24) is 25.5 Å². The van der Waals surface area contributed by atoms with Crippen molar-refractivity contribution in [2.45, 2.75) is 70.0 Å². The molecule has 5 N–H and O–H groups in total. The predicted octanol–water partition coefficient (Wildman–Crippen LogP) is 6.90. The molecule has 0 bridgehead atoms. The molecule has 1 aromatic carbocycles. The smallest absolute Gasteiger partial charge is 0.383 e. The van der Waals surface area contributed by atoms with Gasteiger partial charge in [-0.15, -0.1) is 0 Å². The second kappa shape index (κ2) is 13.7. The highest BCUT2D eigenvalue weighted by Crippen LogP contribution is 2.33. The van der Waals surface area contributed by atoms with E-state index in [-0.39, 0.29) is 17.3 Å². The van der Waals surface area contributed by atoms with Gasteiger partial charge in [-0.25, -0.2) is 9.97 Å². The molecule has 1 aliphatic rings. The van der Waals surface area contributed by atoms with Crippen LogP contribution in [0.15, 0.2) is 54.9 Å². The molecule has 5 rings (SSSR count). The van der Waals surface area contributed by atoms with Gasteiger partial charge in [0.05, 0.1) is 16.6 Å². The largest absolute Gasteiger partial charge is 0.416 e. The third-order valence-corrected chi connectivity index (χ3v) is 7.70. The van der Waals surface area contributed by atoms with Gasteiger partial charge in [0.25, 0.3) is 5.91 Å². The highest BCUT2D eigenvalue weighted by atomic mass is 19.4. The van der Waals surface area contributed by atoms with E-state index < -0.39 is 17.6 Å². The average molecular weight is 606 g/mol. The number of nitrogens with two attached hydrogens (primary N) is 1. The van der Waals surface area contributed by atoms with Crippen LogP contribution >= 0.6 is 0 Å². The van der Waals surface area contributed by atoms with E-state index >= 15 is 0 Å². The molecule has 1 fully saturated rings. The lowest BCUT2D eigenvalue weighted by Crippen LogP contribution is -2.35. The maximum atomic E-state index is 13.0. The maximum Gasteiger partial charge on any atom is 0.416 e. The lowest BCUT2D eigenvalue weighted by molar-refractivity contribution is -0.137. The number of pyridine rings is 2. The van der Waals surface area contributed by atoms with E-state index in [1.165, 1.54) is 19.3 Å². The van der Waals surface area contributed by atoms with E-state index in [1.807, 2.05) is 12.2 Å². The minimum atomic E-state index is -4.55. The van der Waals surface area contributed by atoms with Crippen LogP contribution in [0.3, 0.4) is 0 Å². The molecule has 2 amide bonds. The molecule has 1 aliphatic carbocycles. The van der Waals surface area contributed by atoms with Crippen molar-refractivity contribution in [3.63, 3.8) is 0 Å². The summed E-state index contributed by atoms with van der Waals surface area (Å²) in [6.45, 7) is 0. The van der Waals surface area contributed by atoms with E-state index in [9.17, 15) is 22.8 Å². The van der Waals surface area contributed by atoms with Crippen LogP contribution in [0.1, 0.15) is 79.3 Å². The van der Waals surface area contributed by atoms with E-state index in [0.717, 1.165) is 56.0 Å². The van der Waals surface area contributed by atoms with Gasteiger partial charge < -0.3 is 16.4 Å². The van der Waals surface area contributed by atoms with Crippen molar-refractivity contribution in [2.75, 3.05) is 11.1 Å². The van der Waals surface area contributed by atoms with Crippen molar-refractivity contribution in [2.24, 2.45) is 0 Å². The highest BCUT2D eigenvalue weighted by molar-refractivity contribution is 6.05. The number of hydrogen-bond donors (Lipinski definition) is 4. The van der Waals surface area contributed by atoms with Crippen molar-refractivity contribution in [1.29, 1.82) is 0 Å². The summed E-state index contributed by atoms with van der Waals surface area (Å²) < 4.78 is 39.0. The van der Waals surface area contributed by atoms with Crippen molar-refractivity contribution in [3.05, 3.63) is 71.6 Å². The molecule has 3 aromatic heterocycles. The molecule has 0 radical (unpaired) electrons. The summed E-state index contributed by atoms with van der Waals surface area (Å²) in [6, 6.07) is 8.43. The van der Waals surface area contributed by atoms with Crippen LogP contribution in [-0.4, -0.2) is 38.0 Å². The van der Waals surface area contributed by atoms with Gasteiger partial charge in [-0.3, -0.25) is 14.7 Å². The standard InChI is InChI=1S/C32H34F3N7O2/c33-32(34,35)23-16-17-37-25(18-23)40-31(44)21-14-12-20(13-15-21)28-27-29(42-41-28)22(19-38-30(27)36)8-4-1-2-7-11-26(43)39-24-9-5-3-6-10-24/h4,8,12-19,24H,1-3,5-7,9-11H2,(H2,36,38)(H,39,43)(H,41,42)(H,37,40,44)/b8-4+. The number of nitrogen functional groups attached to an aromatic ring is 1. The number of halogens is 3. The first kappa shape index (κ1) is 30.7. The topological polar surface area (TPSA) is 139 Å². The number of nitrogens with one attached hydrogen (secondary N) is 3. The Morgan fingerprint density at radius 1 is 1.05 bits per heavy atom. The van der Waals surface area contributed by atoms with Gasteiger partial charge in [-0.2, -0.15) is 18.3 Å². The van der Waals surface area contributed by atoms with Gasteiger partial charge in [0.2, 0.25) is 5.91 Å². The number of carbonyl (C=O) groups excluding carboxylic acids is 2. The van der Waals surface area contributed by atoms with Crippen LogP contribution in [0, 0.1) is 0 Å². The number of fused-ring (bicyclic) bond motifs is 1.